The monoisotopic (exact) mass is 306 g/mol. The SMILES string of the molecule is CCCC1=CC[C@H]2OC3=C(C[C@H](C(=O)O)[C@H](N)N3)C(=O)[C@H]2C1. The summed E-state index contributed by atoms with van der Waals surface area (Å²) >= 11 is 0. The number of carboxylic acid groups (broad SMARTS) is 1. The highest BCUT2D eigenvalue weighted by atomic mass is 16.5. The molecule has 0 fully saturated rings. The minimum atomic E-state index is -0.989. The number of allylic oxidation sites excluding steroid dienone is 2. The molecule has 1 aliphatic carbocycles. The van der Waals surface area contributed by atoms with Crippen LogP contribution in [0.3, 0.4) is 0 Å². The zero-order valence-corrected chi connectivity index (χ0v) is 12.7. The van der Waals surface area contributed by atoms with Gasteiger partial charge < -0.3 is 20.9 Å². The molecule has 6 nitrogen and oxygen atoms in total. The van der Waals surface area contributed by atoms with E-state index in [9.17, 15) is 14.7 Å². The molecule has 0 amide bonds. The van der Waals surface area contributed by atoms with Crippen LogP contribution in [0.5, 0.6) is 0 Å². The van der Waals surface area contributed by atoms with E-state index >= 15 is 0 Å². The summed E-state index contributed by atoms with van der Waals surface area (Å²) in [5.74, 6) is -1.55. The lowest BCUT2D eigenvalue weighted by atomic mass is 9.76. The summed E-state index contributed by atoms with van der Waals surface area (Å²) in [7, 11) is 0. The number of ketones is 1. The molecule has 0 aromatic heterocycles. The number of fused-ring (bicyclic) bond motifs is 1. The molecule has 2 heterocycles. The van der Waals surface area contributed by atoms with E-state index in [1.807, 2.05) is 0 Å². The van der Waals surface area contributed by atoms with Crippen LogP contribution < -0.4 is 11.1 Å². The zero-order chi connectivity index (χ0) is 15.9. The molecular formula is C16H22N2O4. The van der Waals surface area contributed by atoms with E-state index in [0.717, 1.165) is 25.7 Å². The third-order valence-corrected chi connectivity index (χ3v) is 4.79. The summed E-state index contributed by atoms with van der Waals surface area (Å²) in [4.78, 5) is 24.0. The summed E-state index contributed by atoms with van der Waals surface area (Å²) in [6.45, 7) is 2.12. The Kier molecular flexibility index (Phi) is 3.95. The van der Waals surface area contributed by atoms with Crippen LogP contribution in [0.4, 0.5) is 0 Å². The number of nitrogens with two attached hydrogens (primary N) is 1. The van der Waals surface area contributed by atoms with Gasteiger partial charge in [0.15, 0.2) is 11.7 Å². The summed E-state index contributed by atoms with van der Waals surface area (Å²) in [5, 5.41) is 12.1. The Morgan fingerprint density at radius 1 is 1.50 bits per heavy atom. The highest BCUT2D eigenvalue weighted by Crippen LogP contribution is 2.39. The number of hydrogen-bond acceptors (Lipinski definition) is 5. The van der Waals surface area contributed by atoms with Gasteiger partial charge in [0.05, 0.1) is 23.6 Å². The molecule has 3 aliphatic rings. The van der Waals surface area contributed by atoms with E-state index < -0.39 is 18.1 Å². The van der Waals surface area contributed by atoms with E-state index in [2.05, 4.69) is 18.3 Å². The standard InChI is InChI=1S/C16H22N2O4/c1-2-3-8-4-5-12-9(6-8)13(19)10-7-11(16(20)21)14(17)18-15(10)22-12/h4,9,11-12,14,18H,2-3,5-7,17H2,1H3,(H,20,21)/t9-,11-,12+,14+/m0/s1. The molecular weight excluding hydrogens is 284 g/mol. The summed E-state index contributed by atoms with van der Waals surface area (Å²) in [5.41, 5.74) is 7.60. The highest BCUT2D eigenvalue weighted by Gasteiger charge is 2.45. The first-order valence-electron chi connectivity index (χ1n) is 7.88. The van der Waals surface area contributed by atoms with Gasteiger partial charge in [-0.25, -0.2) is 0 Å². The normalized spacial score (nSPS) is 34.1. The maximum absolute atomic E-state index is 12.8. The van der Waals surface area contributed by atoms with Crippen LogP contribution in [0.15, 0.2) is 23.1 Å². The van der Waals surface area contributed by atoms with E-state index in [-0.39, 0.29) is 24.2 Å². The molecule has 0 aromatic carbocycles. The molecule has 0 radical (unpaired) electrons. The Bertz CT molecular complexity index is 566. The van der Waals surface area contributed by atoms with Crippen LogP contribution in [-0.2, 0) is 14.3 Å². The van der Waals surface area contributed by atoms with Crippen molar-refractivity contribution >= 4 is 11.8 Å². The minimum absolute atomic E-state index is 0.0265. The molecule has 120 valence electrons. The number of aliphatic carboxylic acids is 1. The van der Waals surface area contributed by atoms with Crippen molar-refractivity contribution in [3.63, 3.8) is 0 Å². The maximum Gasteiger partial charge on any atom is 0.310 e. The summed E-state index contributed by atoms with van der Waals surface area (Å²) in [6.07, 6.45) is 4.94. The molecule has 0 spiro atoms. The number of carbonyl (C=O) groups excluding carboxylic acids is 1. The molecule has 0 bridgehead atoms. The molecule has 4 atom stereocenters. The van der Waals surface area contributed by atoms with Gasteiger partial charge in [0.25, 0.3) is 0 Å². The molecule has 4 N–H and O–H groups in total. The van der Waals surface area contributed by atoms with Gasteiger partial charge in [0, 0.05) is 6.42 Å². The minimum Gasteiger partial charge on any atom is -0.481 e. The maximum atomic E-state index is 12.8. The first-order chi connectivity index (χ1) is 10.5. The molecule has 0 aromatic rings. The van der Waals surface area contributed by atoms with Gasteiger partial charge in [-0.2, -0.15) is 0 Å². The van der Waals surface area contributed by atoms with Crippen molar-refractivity contribution in [1.29, 1.82) is 0 Å². The smallest absolute Gasteiger partial charge is 0.310 e. The van der Waals surface area contributed by atoms with Gasteiger partial charge in [-0.05, 0) is 19.3 Å². The van der Waals surface area contributed by atoms with Crippen molar-refractivity contribution in [1.82, 2.24) is 5.32 Å². The molecule has 0 unspecified atom stereocenters. The van der Waals surface area contributed by atoms with Gasteiger partial charge in [-0.1, -0.05) is 25.0 Å². The highest BCUT2D eigenvalue weighted by molar-refractivity contribution is 5.99. The largest absolute Gasteiger partial charge is 0.481 e. The predicted octanol–water partition coefficient (Wildman–Crippen LogP) is 1.28. The Hall–Kier alpha value is -1.82. The van der Waals surface area contributed by atoms with E-state index in [4.69, 9.17) is 10.5 Å². The molecule has 0 saturated carbocycles. The molecule has 22 heavy (non-hydrogen) atoms. The number of rotatable bonds is 3. The third-order valence-electron chi connectivity index (χ3n) is 4.79. The second-order valence-corrected chi connectivity index (χ2v) is 6.31. The van der Waals surface area contributed by atoms with Crippen LogP contribution in [0.2, 0.25) is 0 Å². The second kappa shape index (κ2) is 5.76. The van der Waals surface area contributed by atoms with Gasteiger partial charge in [-0.3, -0.25) is 9.59 Å². The van der Waals surface area contributed by atoms with Gasteiger partial charge in [0.2, 0.25) is 0 Å². The number of carboxylic acids is 1. The Morgan fingerprint density at radius 2 is 2.27 bits per heavy atom. The van der Waals surface area contributed by atoms with Crippen molar-refractivity contribution in [3.8, 4) is 0 Å². The van der Waals surface area contributed by atoms with Crippen molar-refractivity contribution in [2.45, 2.75) is 51.3 Å². The lowest BCUT2D eigenvalue weighted by molar-refractivity contribution is -0.143. The van der Waals surface area contributed by atoms with Crippen molar-refractivity contribution in [2.75, 3.05) is 0 Å². The topological polar surface area (TPSA) is 102 Å². The molecule has 0 saturated heterocycles. The Balaban J connectivity index is 1.82. The number of hydrogen-bond donors (Lipinski definition) is 3. The quantitative estimate of drug-likeness (QED) is 0.679. The fourth-order valence-corrected chi connectivity index (χ4v) is 3.57. The third kappa shape index (κ3) is 2.52. The van der Waals surface area contributed by atoms with E-state index in [1.54, 1.807) is 0 Å². The molecule has 2 aliphatic heterocycles. The number of carbonyl (C=O) groups is 2. The lowest BCUT2D eigenvalue weighted by Crippen LogP contribution is -2.54. The van der Waals surface area contributed by atoms with Crippen LogP contribution >= 0.6 is 0 Å². The van der Waals surface area contributed by atoms with Crippen molar-refractivity contribution < 1.29 is 19.4 Å². The zero-order valence-electron chi connectivity index (χ0n) is 12.7. The Morgan fingerprint density at radius 3 is 2.95 bits per heavy atom. The molecule has 3 rings (SSSR count). The van der Waals surface area contributed by atoms with Crippen LogP contribution in [0, 0.1) is 11.8 Å². The van der Waals surface area contributed by atoms with Crippen LogP contribution in [-0.4, -0.2) is 29.1 Å². The summed E-state index contributed by atoms with van der Waals surface area (Å²) in [6, 6.07) is 0. The summed E-state index contributed by atoms with van der Waals surface area (Å²) < 4.78 is 5.92. The average Bonchev–Trinajstić information content (AvgIpc) is 2.47. The first-order valence-corrected chi connectivity index (χ1v) is 7.88. The number of ether oxygens (including phenoxy) is 1. The first kappa shape index (κ1) is 15.1. The van der Waals surface area contributed by atoms with Gasteiger partial charge in [-0.15, -0.1) is 0 Å². The lowest BCUT2D eigenvalue weighted by Gasteiger charge is -2.41. The fraction of sp³-hybridized carbons (Fsp3) is 0.625. The van der Waals surface area contributed by atoms with Crippen molar-refractivity contribution in [3.05, 3.63) is 23.1 Å². The van der Waals surface area contributed by atoms with E-state index in [0.29, 0.717) is 11.5 Å². The molecule has 6 heteroatoms. The average molecular weight is 306 g/mol. The second-order valence-electron chi connectivity index (χ2n) is 6.31. The number of Topliss-reactive ketones (excluding diaryl/α,β-unsaturated/α-hetero) is 1. The van der Waals surface area contributed by atoms with Crippen LogP contribution in [0.25, 0.3) is 0 Å². The van der Waals surface area contributed by atoms with Crippen molar-refractivity contribution in [2.24, 2.45) is 17.6 Å². The van der Waals surface area contributed by atoms with Gasteiger partial charge >= 0.3 is 5.97 Å². The van der Waals surface area contributed by atoms with Crippen LogP contribution in [0.1, 0.15) is 39.0 Å². The number of nitrogens with one attached hydrogen (secondary N) is 1. The van der Waals surface area contributed by atoms with Gasteiger partial charge in [0.1, 0.15) is 6.10 Å². The predicted molar refractivity (Wildman–Crippen MR) is 79.5 cm³/mol. The Labute approximate surface area is 129 Å². The fourth-order valence-electron chi connectivity index (χ4n) is 3.57. The van der Waals surface area contributed by atoms with E-state index in [1.165, 1.54) is 5.57 Å².